The van der Waals surface area contributed by atoms with Gasteiger partial charge in [0.25, 0.3) is 5.92 Å². The van der Waals surface area contributed by atoms with Crippen molar-refractivity contribution < 1.29 is 13.5 Å². The molecule has 4 heteroatoms. The van der Waals surface area contributed by atoms with Crippen molar-refractivity contribution in [2.24, 2.45) is 5.73 Å². The summed E-state index contributed by atoms with van der Waals surface area (Å²) in [5, 5.41) is 0. The summed E-state index contributed by atoms with van der Waals surface area (Å²) in [6, 6.07) is 5.08. The molecule has 2 rings (SSSR count). The SMILES string of the molecule is CCOc1ccc(C2(N)CC2(F)F)c(C)c1. The summed E-state index contributed by atoms with van der Waals surface area (Å²) in [7, 11) is 0. The second kappa shape index (κ2) is 3.42. The highest BCUT2D eigenvalue weighted by Crippen LogP contribution is 2.58. The first-order chi connectivity index (χ1) is 7.40. The normalized spacial score (nSPS) is 26.6. The molecule has 88 valence electrons. The zero-order valence-corrected chi connectivity index (χ0v) is 9.39. The van der Waals surface area contributed by atoms with Gasteiger partial charge in [-0.25, -0.2) is 8.78 Å². The highest BCUT2D eigenvalue weighted by Gasteiger charge is 2.70. The fourth-order valence-corrected chi connectivity index (χ4v) is 1.99. The van der Waals surface area contributed by atoms with E-state index in [1.165, 1.54) is 0 Å². The Morgan fingerprint density at radius 3 is 2.50 bits per heavy atom. The van der Waals surface area contributed by atoms with Gasteiger partial charge in [-0.15, -0.1) is 0 Å². The molecule has 1 aromatic carbocycles. The van der Waals surface area contributed by atoms with E-state index in [2.05, 4.69) is 0 Å². The van der Waals surface area contributed by atoms with Gasteiger partial charge in [0.15, 0.2) is 0 Å². The van der Waals surface area contributed by atoms with E-state index in [-0.39, 0.29) is 6.42 Å². The highest BCUT2D eigenvalue weighted by molar-refractivity contribution is 5.44. The van der Waals surface area contributed by atoms with Crippen LogP contribution in [0.25, 0.3) is 0 Å². The van der Waals surface area contributed by atoms with Crippen LogP contribution in [0.3, 0.4) is 0 Å². The van der Waals surface area contributed by atoms with Crippen molar-refractivity contribution in [3.8, 4) is 5.75 Å². The van der Waals surface area contributed by atoms with Crippen molar-refractivity contribution in [3.63, 3.8) is 0 Å². The van der Waals surface area contributed by atoms with Gasteiger partial charge in [0.2, 0.25) is 0 Å². The van der Waals surface area contributed by atoms with Crippen LogP contribution in [0.4, 0.5) is 8.78 Å². The highest BCUT2D eigenvalue weighted by atomic mass is 19.3. The fraction of sp³-hybridized carbons (Fsp3) is 0.500. The number of aryl methyl sites for hydroxylation is 1. The molecule has 0 bridgehead atoms. The Morgan fingerprint density at radius 2 is 2.06 bits per heavy atom. The number of benzene rings is 1. The van der Waals surface area contributed by atoms with Crippen molar-refractivity contribution in [2.45, 2.75) is 31.7 Å². The molecule has 2 nitrogen and oxygen atoms in total. The minimum Gasteiger partial charge on any atom is -0.494 e. The van der Waals surface area contributed by atoms with Crippen molar-refractivity contribution in [2.75, 3.05) is 6.61 Å². The predicted octanol–water partition coefficient (Wildman–Crippen LogP) is 2.59. The lowest BCUT2D eigenvalue weighted by molar-refractivity contribution is 0.0889. The number of halogens is 2. The molecular formula is C12H15F2NO. The Kier molecular flexibility index (Phi) is 2.42. The summed E-state index contributed by atoms with van der Waals surface area (Å²) in [5.74, 6) is -2.08. The molecule has 1 saturated carbocycles. The van der Waals surface area contributed by atoms with E-state index in [1.54, 1.807) is 25.1 Å². The predicted molar refractivity (Wildman–Crippen MR) is 57.8 cm³/mol. The van der Waals surface area contributed by atoms with Crippen LogP contribution >= 0.6 is 0 Å². The second-order valence-electron chi connectivity index (χ2n) is 4.26. The van der Waals surface area contributed by atoms with Crippen LogP contribution in [-0.2, 0) is 5.54 Å². The maximum atomic E-state index is 13.1. The van der Waals surface area contributed by atoms with Crippen molar-refractivity contribution >= 4 is 0 Å². The third kappa shape index (κ3) is 1.57. The Morgan fingerprint density at radius 1 is 1.44 bits per heavy atom. The monoisotopic (exact) mass is 227 g/mol. The average molecular weight is 227 g/mol. The van der Waals surface area contributed by atoms with Gasteiger partial charge in [0.1, 0.15) is 11.3 Å². The van der Waals surface area contributed by atoms with Gasteiger partial charge in [-0.3, -0.25) is 0 Å². The van der Waals surface area contributed by atoms with E-state index in [9.17, 15) is 8.78 Å². The number of nitrogens with two attached hydrogens (primary N) is 1. The molecule has 0 aliphatic heterocycles. The molecule has 0 heterocycles. The Labute approximate surface area is 93.4 Å². The van der Waals surface area contributed by atoms with Crippen molar-refractivity contribution in [3.05, 3.63) is 29.3 Å². The Balaban J connectivity index is 2.31. The van der Waals surface area contributed by atoms with E-state index in [1.807, 2.05) is 6.92 Å². The topological polar surface area (TPSA) is 35.2 Å². The molecule has 1 aliphatic rings. The molecule has 1 atom stereocenters. The van der Waals surface area contributed by atoms with Gasteiger partial charge in [0.05, 0.1) is 6.61 Å². The van der Waals surface area contributed by atoms with Gasteiger partial charge in [-0.05, 0) is 37.1 Å². The second-order valence-corrected chi connectivity index (χ2v) is 4.26. The van der Waals surface area contributed by atoms with Crippen LogP contribution < -0.4 is 10.5 Å². The third-order valence-corrected chi connectivity index (χ3v) is 3.02. The molecule has 0 spiro atoms. The lowest BCUT2D eigenvalue weighted by Crippen LogP contribution is -2.28. The van der Waals surface area contributed by atoms with Crippen LogP contribution in [0.2, 0.25) is 0 Å². The average Bonchev–Trinajstić information content (AvgIpc) is 2.67. The summed E-state index contributed by atoms with van der Waals surface area (Å²) < 4.78 is 31.6. The minimum atomic E-state index is -2.77. The summed E-state index contributed by atoms with van der Waals surface area (Å²) in [4.78, 5) is 0. The summed E-state index contributed by atoms with van der Waals surface area (Å²) in [5.41, 5.74) is 5.48. The lowest BCUT2D eigenvalue weighted by Gasteiger charge is -2.15. The maximum absolute atomic E-state index is 13.1. The smallest absolute Gasteiger partial charge is 0.272 e. The van der Waals surface area contributed by atoms with Crippen LogP contribution in [0.5, 0.6) is 5.75 Å². The Hall–Kier alpha value is -1.16. The Bertz CT molecular complexity index is 419. The number of ether oxygens (including phenoxy) is 1. The van der Waals surface area contributed by atoms with E-state index >= 15 is 0 Å². The van der Waals surface area contributed by atoms with Crippen molar-refractivity contribution in [1.82, 2.24) is 0 Å². The molecule has 0 aromatic heterocycles. The van der Waals surface area contributed by atoms with Crippen LogP contribution in [-0.4, -0.2) is 12.5 Å². The van der Waals surface area contributed by atoms with E-state index < -0.39 is 11.5 Å². The van der Waals surface area contributed by atoms with Gasteiger partial charge >= 0.3 is 0 Å². The summed E-state index contributed by atoms with van der Waals surface area (Å²) in [6.07, 6.45) is -0.269. The van der Waals surface area contributed by atoms with Crippen LogP contribution in [0, 0.1) is 6.92 Å². The van der Waals surface area contributed by atoms with Gasteiger partial charge in [-0.1, -0.05) is 6.07 Å². The number of rotatable bonds is 3. The van der Waals surface area contributed by atoms with E-state index in [4.69, 9.17) is 10.5 Å². The molecule has 0 amide bonds. The van der Waals surface area contributed by atoms with E-state index in [0.717, 1.165) is 5.56 Å². The molecular weight excluding hydrogens is 212 g/mol. The molecule has 16 heavy (non-hydrogen) atoms. The molecule has 1 fully saturated rings. The fourth-order valence-electron chi connectivity index (χ4n) is 1.99. The zero-order valence-electron chi connectivity index (χ0n) is 9.39. The first-order valence-corrected chi connectivity index (χ1v) is 5.31. The molecule has 1 unspecified atom stereocenters. The molecule has 0 radical (unpaired) electrons. The number of hydrogen-bond acceptors (Lipinski definition) is 2. The largest absolute Gasteiger partial charge is 0.494 e. The summed E-state index contributed by atoms with van der Waals surface area (Å²) >= 11 is 0. The molecule has 1 aromatic rings. The molecule has 1 aliphatic carbocycles. The maximum Gasteiger partial charge on any atom is 0.272 e. The van der Waals surface area contributed by atoms with Crippen molar-refractivity contribution in [1.29, 1.82) is 0 Å². The first kappa shape index (κ1) is 11.3. The quantitative estimate of drug-likeness (QED) is 0.861. The van der Waals surface area contributed by atoms with Crippen LogP contribution in [0.15, 0.2) is 18.2 Å². The molecule has 0 saturated heterocycles. The third-order valence-electron chi connectivity index (χ3n) is 3.02. The standard InChI is InChI=1S/C12H15F2NO/c1-3-16-9-4-5-10(8(2)6-9)11(15)7-12(11,13)14/h4-6H,3,7,15H2,1-2H3. The first-order valence-electron chi connectivity index (χ1n) is 5.31. The van der Waals surface area contributed by atoms with Gasteiger partial charge in [-0.2, -0.15) is 0 Å². The van der Waals surface area contributed by atoms with Gasteiger partial charge in [0, 0.05) is 6.42 Å². The number of alkyl halides is 2. The molecule has 2 N–H and O–H groups in total. The van der Waals surface area contributed by atoms with Crippen LogP contribution in [0.1, 0.15) is 24.5 Å². The van der Waals surface area contributed by atoms with Gasteiger partial charge < -0.3 is 10.5 Å². The minimum absolute atomic E-state index is 0.269. The summed E-state index contributed by atoms with van der Waals surface area (Å²) in [6.45, 7) is 4.21. The lowest BCUT2D eigenvalue weighted by atomic mass is 9.99. The van der Waals surface area contributed by atoms with E-state index in [0.29, 0.717) is 17.9 Å². The zero-order chi connectivity index (χ0) is 12.0. The number of hydrogen-bond donors (Lipinski definition) is 1.